The maximum atomic E-state index is 11.9. The van der Waals surface area contributed by atoms with Crippen molar-refractivity contribution in [3.63, 3.8) is 0 Å². The van der Waals surface area contributed by atoms with Crippen LogP contribution < -0.4 is 5.14 Å². The van der Waals surface area contributed by atoms with Gasteiger partial charge in [-0.1, -0.05) is 13.0 Å². The molecule has 2 N–H and O–H groups in total. The van der Waals surface area contributed by atoms with E-state index in [4.69, 9.17) is 5.14 Å². The van der Waals surface area contributed by atoms with E-state index in [2.05, 4.69) is 0 Å². The number of carbonyl (C=O) groups excluding carboxylic acids is 1. The summed E-state index contributed by atoms with van der Waals surface area (Å²) in [6, 6.07) is 5.74. The highest BCUT2D eigenvalue weighted by Gasteiger charge is 2.14. The second-order valence-corrected chi connectivity index (χ2v) is 5.36. The van der Waals surface area contributed by atoms with Gasteiger partial charge in [-0.05, 0) is 24.6 Å². The van der Waals surface area contributed by atoms with Gasteiger partial charge in [-0.3, -0.25) is 4.79 Å². The molecular weight excluding hydrogens is 240 g/mol. The van der Waals surface area contributed by atoms with E-state index in [9.17, 15) is 13.2 Å². The summed E-state index contributed by atoms with van der Waals surface area (Å²) in [7, 11) is -2.09. The normalized spacial score (nSPS) is 11.2. The third kappa shape index (κ3) is 3.54. The molecule has 5 nitrogen and oxygen atoms in total. The lowest BCUT2D eigenvalue weighted by Crippen LogP contribution is -2.27. The summed E-state index contributed by atoms with van der Waals surface area (Å²) in [5, 5.41) is 5.01. The molecule has 0 atom stereocenters. The number of rotatable bonds is 4. The average Bonchev–Trinajstić information content (AvgIpc) is 2.27. The standard InChI is InChI=1S/C11H16N2O3S/c1-3-7-13(2)11(14)9-5-4-6-10(8-9)17(12,15)16/h4-6,8H,3,7H2,1-2H3,(H2,12,15,16). The summed E-state index contributed by atoms with van der Waals surface area (Å²) in [5.41, 5.74) is 0.326. The van der Waals surface area contributed by atoms with Gasteiger partial charge in [0.15, 0.2) is 0 Å². The monoisotopic (exact) mass is 256 g/mol. The second-order valence-electron chi connectivity index (χ2n) is 3.80. The highest BCUT2D eigenvalue weighted by atomic mass is 32.2. The van der Waals surface area contributed by atoms with Crippen molar-refractivity contribution >= 4 is 15.9 Å². The summed E-state index contributed by atoms with van der Waals surface area (Å²) in [4.78, 5) is 13.4. The number of benzene rings is 1. The summed E-state index contributed by atoms with van der Waals surface area (Å²) < 4.78 is 22.3. The molecule has 1 aromatic rings. The maximum Gasteiger partial charge on any atom is 0.253 e. The number of sulfonamides is 1. The predicted octanol–water partition coefficient (Wildman–Crippen LogP) is 0.816. The molecule has 6 heteroatoms. The van der Waals surface area contributed by atoms with Crippen LogP contribution in [-0.4, -0.2) is 32.8 Å². The van der Waals surface area contributed by atoms with Crippen LogP contribution in [0.1, 0.15) is 23.7 Å². The Morgan fingerprint density at radius 2 is 2.06 bits per heavy atom. The van der Waals surface area contributed by atoms with Crippen LogP contribution in [0.2, 0.25) is 0 Å². The molecule has 0 aliphatic carbocycles. The van der Waals surface area contributed by atoms with E-state index >= 15 is 0 Å². The lowest BCUT2D eigenvalue weighted by atomic mass is 10.2. The molecule has 0 heterocycles. The van der Waals surface area contributed by atoms with E-state index in [1.807, 2.05) is 6.92 Å². The quantitative estimate of drug-likeness (QED) is 0.865. The van der Waals surface area contributed by atoms with E-state index in [1.54, 1.807) is 18.0 Å². The van der Waals surface area contributed by atoms with Crippen LogP contribution in [0, 0.1) is 0 Å². The number of primary sulfonamides is 1. The smallest absolute Gasteiger partial charge is 0.253 e. The molecule has 0 saturated heterocycles. The van der Waals surface area contributed by atoms with E-state index in [1.165, 1.54) is 18.2 Å². The first-order chi connectivity index (χ1) is 7.86. The van der Waals surface area contributed by atoms with Crippen molar-refractivity contribution < 1.29 is 13.2 Å². The Morgan fingerprint density at radius 1 is 1.41 bits per heavy atom. The number of nitrogens with zero attached hydrogens (tertiary/aromatic N) is 1. The van der Waals surface area contributed by atoms with Crippen LogP contribution >= 0.6 is 0 Å². The Morgan fingerprint density at radius 3 is 2.59 bits per heavy atom. The van der Waals surface area contributed by atoms with Gasteiger partial charge in [-0.2, -0.15) is 0 Å². The molecule has 0 radical (unpaired) electrons. The van der Waals surface area contributed by atoms with Crippen LogP contribution in [-0.2, 0) is 10.0 Å². The molecule has 0 aromatic heterocycles. The first-order valence-electron chi connectivity index (χ1n) is 5.24. The zero-order valence-electron chi connectivity index (χ0n) is 9.88. The molecular formula is C11H16N2O3S. The third-order valence-electron chi connectivity index (χ3n) is 2.32. The molecule has 94 valence electrons. The average molecular weight is 256 g/mol. The molecule has 1 rings (SSSR count). The lowest BCUT2D eigenvalue weighted by molar-refractivity contribution is 0.0795. The molecule has 1 aromatic carbocycles. The summed E-state index contributed by atoms with van der Waals surface area (Å²) in [6.45, 7) is 2.59. The molecule has 0 saturated carbocycles. The summed E-state index contributed by atoms with van der Waals surface area (Å²) in [6.07, 6.45) is 0.844. The van der Waals surface area contributed by atoms with Crippen molar-refractivity contribution in [1.82, 2.24) is 4.90 Å². The number of nitrogens with two attached hydrogens (primary N) is 1. The van der Waals surface area contributed by atoms with Crippen molar-refractivity contribution in [2.75, 3.05) is 13.6 Å². The van der Waals surface area contributed by atoms with Crippen molar-refractivity contribution in [2.24, 2.45) is 5.14 Å². The first kappa shape index (κ1) is 13.7. The van der Waals surface area contributed by atoms with Gasteiger partial charge in [0.05, 0.1) is 4.90 Å². The van der Waals surface area contributed by atoms with E-state index in [-0.39, 0.29) is 10.8 Å². The van der Waals surface area contributed by atoms with Crippen LogP contribution in [0.15, 0.2) is 29.2 Å². The number of carbonyl (C=O) groups is 1. The molecule has 0 bridgehead atoms. The van der Waals surface area contributed by atoms with E-state index < -0.39 is 10.0 Å². The zero-order valence-corrected chi connectivity index (χ0v) is 10.7. The number of hydrogen-bond donors (Lipinski definition) is 1. The second kappa shape index (κ2) is 5.29. The third-order valence-corrected chi connectivity index (χ3v) is 3.23. The minimum atomic E-state index is -3.77. The molecule has 17 heavy (non-hydrogen) atoms. The van der Waals surface area contributed by atoms with Crippen LogP contribution in [0.3, 0.4) is 0 Å². The topological polar surface area (TPSA) is 80.5 Å². The molecule has 0 fully saturated rings. The van der Waals surface area contributed by atoms with Gasteiger partial charge < -0.3 is 4.90 Å². The van der Waals surface area contributed by atoms with Crippen LogP contribution in [0.5, 0.6) is 0 Å². The highest BCUT2D eigenvalue weighted by molar-refractivity contribution is 7.89. The fraction of sp³-hybridized carbons (Fsp3) is 0.364. The molecule has 0 aliphatic rings. The highest BCUT2D eigenvalue weighted by Crippen LogP contribution is 2.11. The SMILES string of the molecule is CCCN(C)C(=O)c1cccc(S(N)(=O)=O)c1. The molecule has 1 amide bonds. The van der Waals surface area contributed by atoms with Gasteiger partial charge in [0.2, 0.25) is 10.0 Å². The van der Waals surface area contributed by atoms with Gasteiger partial charge in [-0.15, -0.1) is 0 Å². The van der Waals surface area contributed by atoms with Crippen molar-refractivity contribution in [3.8, 4) is 0 Å². The van der Waals surface area contributed by atoms with Crippen LogP contribution in [0.4, 0.5) is 0 Å². The summed E-state index contributed by atoms with van der Waals surface area (Å²) >= 11 is 0. The zero-order chi connectivity index (χ0) is 13.1. The Kier molecular flexibility index (Phi) is 4.25. The minimum Gasteiger partial charge on any atom is -0.342 e. The van der Waals surface area contributed by atoms with Gasteiger partial charge in [-0.25, -0.2) is 13.6 Å². The Balaban J connectivity index is 3.04. The molecule has 0 unspecified atom stereocenters. The summed E-state index contributed by atoms with van der Waals surface area (Å²) in [5.74, 6) is -0.211. The number of amides is 1. The first-order valence-corrected chi connectivity index (χ1v) is 6.79. The van der Waals surface area contributed by atoms with Crippen LogP contribution in [0.25, 0.3) is 0 Å². The predicted molar refractivity (Wildman–Crippen MR) is 65.1 cm³/mol. The maximum absolute atomic E-state index is 11.9. The van der Waals surface area contributed by atoms with Gasteiger partial charge in [0, 0.05) is 19.2 Å². The van der Waals surface area contributed by atoms with E-state index in [0.29, 0.717) is 12.1 Å². The van der Waals surface area contributed by atoms with Gasteiger partial charge in [0.25, 0.3) is 5.91 Å². The Bertz CT molecular complexity index is 511. The lowest BCUT2D eigenvalue weighted by Gasteiger charge is -2.16. The Hall–Kier alpha value is -1.40. The Labute approximate surface area is 101 Å². The van der Waals surface area contributed by atoms with Crippen molar-refractivity contribution in [1.29, 1.82) is 0 Å². The minimum absolute atomic E-state index is 0.0479. The van der Waals surface area contributed by atoms with Crippen molar-refractivity contribution in [2.45, 2.75) is 18.2 Å². The molecule has 0 aliphatic heterocycles. The fourth-order valence-electron chi connectivity index (χ4n) is 1.46. The number of hydrogen-bond acceptors (Lipinski definition) is 3. The van der Waals surface area contributed by atoms with Gasteiger partial charge >= 0.3 is 0 Å². The molecule has 0 spiro atoms. The van der Waals surface area contributed by atoms with E-state index in [0.717, 1.165) is 6.42 Å². The fourth-order valence-corrected chi connectivity index (χ4v) is 2.02. The largest absolute Gasteiger partial charge is 0.342 e. The van der Waals surface area contributed by atoms with Gasteiger partial charge in [0.1, 0.15) is 0 Å². The van der Waals surface area contributed by atoms with Crippen molar-refractivity contribution in [3.05, 3.63) is 29.8 Å².